The molecule has 0 radical (unpaired) electrons. The molecule has 0 amide bonds. The van der Waals surface area contributed by atoms with Gasteiger partial charge in [-0.3, -0.25) is 0 Å². The van der Waals surface area contributed by atoms with Crippen molar-refractivity contribution in [3.8, 4) is 5.88 Å². The predicted molar refractivity (Wildman–Crippen MR) is 56.1 cm³/mol. The van der Waals surface area contributed by atoms with Crippen molar-refractivity contribution in [2.45, 2.75) is 6.42 Å². The first-order chi connectivity index (χ1) is 6.74. The lowest BCUT2D eigenvalue weighted by molar-refractivity contribution is 0.170. The van der Waals surface area contributed by atoms with Crippen LogP contribution >= 0.6 is 15.9 Å². The molecular formula is C8H12BrN3O2. The molecule has 0 aliphatic heterocycles. The summed E-state index contributed by atoms with van der Waals surface area (Å²) in [5, 5.41) is 0. The van der Waals surface area contributed by atoms with Gasteiger partial charge in [-0.15, -0.1) is 0 Å². The zero-order valence-corrected chi connectivity index (χ0v) is 9.45. The summed E-state index contributed by atoms with van der Waals surface area (Å²) < 4.78 is 10.9. The van der Waals surface area contributed by atoms with E-state index in [4.69, 9.17) is 15.2 Å². The summed E-state index contributed by atoms with van der Waals surface area (Å²) in [4.78, 5) is 7.73. The van der Waals surface area contributed by atoms with Crippen LogP contribution in [0, 0.1) is 0 Å². The second kappa shape index (κ2) is 5.77. The first-order valence-corrected chi connectivity index (χ1v) is 4.93. The number of methoxy groups -OCH3 is 1. The normalized spacial score (nSPS) is 10.1. The Hall–Kier alpha value is -0.880. The number of anilines is 1. The molecule has 14 heavy (non-hydrogen) atoms. The Labute approximate surface area is 90.8 Å². The second-order valence-electron chi connectivity index (χ2n) is 2.58. The lowest BCUT2D eigenvalue weighted by atomic mass is 10.5. The summed E-state index contributed by atoms with van der Waals surface area (Å²) in [6.45, 7) is 1.21. The molecule has 0 spiro atoms. The van der Waals surface area contributed by atoms with Crippen molar-refractivity contribution >= 4 is 21.9 Å². The van der Waals surface area contributed by atoms with Gasteiger partial charge >= 0.3 is 0 Å². The summed E-state index contributed by atoms with van der Waals surface area (Å²) in [6.07, 6.45) is 2.38. The number of hydrogen-bond donors (Lipinski definition) is 1. The van der Waals surface area contributed by atoms with Crippen molar-refractivity contribution in [3.05, 3.63) is 10.7 Å². The molecule has 0 aromatic carbocycles. The first kappa shape index (κ1) is 11.2. The van der Waals surface area contributed by atoms with Crippen LogP contribution in [0.4, 0.5) is 5.95 Å². The topological polar surface area (TPSA) is 70.3 Å². The smallest absolute Gasteiger partial charge is 0.232 e. The zero-order chi connectivity index (χ0) is 10.4. The van der Waals surface area contributed by atoms with E-state index in [9.17, 15) is 0 Å². The fourth-order valence-electron chi connectivity index (χ4n) is 0.838. The number of nitrogen functional groups attached to an aromatic ring is 1. The highest BCUT2D eigenvalue weighted by molar-refractivity contribution is 9.10. The highest BCUT2D eigenvalue weighted by Crippen LogP contribution is 2.21. The molecule has 0 unspecified atom stereocenters. The molecule has 78 valence electrons. The number of hydrogen-bond acceptors (Lipinski definition) is 5. The minimum Gasteiger partial charge on any atom is -0.477 e. The van der Waals surface area contributed by atoms with Crippen LogP contribution < -0.4 is 10.5 Å². The molecule has 1 rings (SSSR count). The van der Waals surface area contributed by atoms with E-state index in [1.54, 1.807) is 13.3 Å². The molecule has 1 aromatic rings. The van der Waals surface area contributed by atoms with Gasteiger partial charge in [0.15, 0.2) is 0 Å². The van der Waals surface area contributed by atoms with Crippen LogP contribution in [-0.4, -0.2) is 30.3 Å². The number of nitrogens with zero attached hydrogens (tertiary/aromatic N) is 2. The third kappa shape index (κ3) is 3.47. The zero-order valence-electron chi connectivity index (χ0n) is 7.86. The fourth-order valence-corrected chi connectivity index (χ4v) is 1.14. The fraction of sp³-hybridized carbons (Fsp3) is 0.500. The molecule has 0 bridgehead atoms. The van der Waals surface area contributed by atoms with Crippen LogP contribution in [0.3, 0.4) is 0 Å². The summed E-state index contributed by atoms with van der Waals surface area (Å²) in [5.74, 6) is 0.670. The Kier molecular flexibility index (Phi) is 4.61. The van der Waals surface area contributed by atoms with Crippen LogP contribution in [0.25, 0.3) is 0 Å². The van der Waals surface area contributed by atoms with Crippen LogP contribution in [0.15, 0.2) is 10.7 Å². The molecule has 1 aromatic heterocycles. The van der Waals surface area contributed by atoms with E-state index in [0.717, 1.165) is 6.42 Å². The van der Waals surface area contributed by atoms with Gasteiger partial charge in [0.25, 0.3) is 0 Å². The first-order valence-electron chi connectivity index (χ1n) is 4.14. The van der Waals surface area contributed by atoms with Crippen molar-refractivity contribution in [2.75, 3.05) is 26.1 Å². The SMILES string of the molecule is COCCCOc1nc(N)ncc1Br. The van der Waals surface area contributed by atoms with Gasteiger partial charge in [0.2, 0.25) is 11.8 Å². The molecule has 0 saturated carbocycles. The molecule has 5 nitrogen and oxygen atoms in total. The highest BCUT2D eigenvalue weighted by Gasteiger charge is 2.03. The van der Waals surface area contributed by atoms with E-state index in [2.05, 4.69) is 25.9 Å². The quantitative estimate of drug-likeness (QED) is 0.808. The van der Waals surface area contributed by atoms with Gasteiger partial charge in [0, 0.05) is 20.1 Å². The van der Waals surface area contributed by atoms with Gasteiger partial charge in [-0.1, -0.05) is 0 Å². The largest absolute Gasteiger partial charge is 0.477 e. The van der Waals surface area contributed by atoms with Crippen molar-refractivity contribution in [1.29, 1.82) is 0 Å². The molecular weight excluding hydrogens is 250 g/mol. The predicted octanol–water partition coefficient (Wildman–Crippen LogP) is 1.24. The minimum absolute atomic E-state index is 0.204. The van der Waals surface area contributed by atoms with Crippen LogP contribution in [0.2, 0.25) is 0 Å². The third-order valence-electron chi connectivity index (χ3n) is 1.46. The summed E-state index contributed by atoms with van der Waals surface area (Å²) >= 11 is 3.26. The van der Waals surface area contributed by atoms with Crippen molar-refractivity contribution < 1.29 is 9.47 Å². The Morgan fingerprint density at radius 3 is 3.00 bits per heavy atom. The maximum absolute atomic E-state index is 5.41. The van der Waals surface area contributed by atoms with Gasteiger partial charge in [0.05, 0.1) is 17.3 Å². The van der Waals surface area contributed by atoms with Crippen LogP contribution in [0.1, 0.15) is 6.42 Å². The van der Waals surface area contributed by atoms with Gasteiger partial charge in [-0.05, 0) is 15.9 Å². The van der Waals surface area contributed by atoms with Gasteiger partial charge in [0.1, 0.15) is 0 Å². The van der Waals surface area contributed by atoms with Crippen LogP contribution in [-0.2, 0) is 4.74 Å². The monoisotopic (exact) mass is 261 g/mol. The second-order valence-corrected chi connectivity index (χ2v) is 3.43. The maximum atomic E-state index is 5.41. The average molecular weight is 262 g/mol. The number of halogens is 1. The van der Waals surface area contributed by atoms with E-state index in [1.165, 1.54) is 0 Å². The Bertz CT molecular complexity index is 296. The molecule has 0 aliphatic rings. The Morgan fingerprint density at radius 1 is 1.50 bits per heavy atom. The standard InChI is InChI=1S/C8H12BrN3O2/c1-13-3-2-4-14-7-6(9)5-11-8(10)12-7/h5H,2-4H2,1H3,(H2,10,11,12). The maximum Gasteiger partial charge on any atom is 0.232 e. The molecule has 0 saturated heterocycles. The lowest BCUT2D eigenvalue weighted by Gasteiger charge is -2.06. The molecule has 0 atom stereocenters. The Morgan fingerprint density at radius 2 is 2.29 bits per heavy atom. The summed E-state index contributed by atoms with van der Waals surface area (Å²) in [7, 11) is 1.65. The molecule has 0 fully saturated rings. The highest BCUT2D eigenvalue weighted by atomic mass is 79.9. The lowest BCUT2D eigenvalue weighted by Crippen LogP contribution is -2.05. The van der Waals surface area contributed by atoms with Gasteiger partial charge in [-0.2, -0.15) is 4.98 Å². The minimum atomic E-state index is 0.204. The molecule has 6 heteroatoms. The molecule has 1 heterocycles. The van der Waals surface area contributed by atoms with E-state index < -0.39 is 0 Å². The van der Waals surface area contributed by atoms with Gasteiger partial charge in [-0.25, -0.2) is 4.98 Å². The van der Waals surface area contributed by atoms with Gasteiger partial charge < -0.3 is 15.2 Å². The number of aromatic nitrogens is 2. The van der Waals surface area contributed by atoms with Crippen LogP contribution in [0.5, 0.6) is 5.88 Å². The average Bonchev–Trinajstić information content (AvgIpc) is 2.18. The van der Waals surface area contributed by atoms with E-state index in [-0.39, 0.29) is 5.95 Å². The molecule has 2 N–H and O–H groups in total. The molecule has 0 aliphatic carbocycles. The van der Waals surface area contributed by atoms with Crippen molar-refractivity contribution in [3.63, 3.8) is 0 Å². The summed E-state index contributed by atoms with van der Waals surface area (Å²) in [6, 6.07) is 0. The van der Waals surface area contributed by atoms with E-state index >= 15 is 0 Å². The number of nitrogens with two attached hydrogens (primary N) is 1. The van der Waals surface area contributed by atoms with E-state index in [0.29, 0.717) is 23.6 Å². The van der Waals surface area contributed by atoms with E-state index in [1.807, 2.05) is 0 Å². The Balaban J connectivity index is 2.45. The number of rotatable bonds is 5. The van der Waals surface area contributed by atoms with Crippen molar-refractivity contribution in [2.24, 2.45) is 0 Å². The third-order valence-corrected chi connectivity index (χ3v) is 2.01. The summed E-state index contributed by atoms with van der Waals surface area (Å²) in [5.41, 5.74) is 5.41. The number of ether oxygens (including phenoxy) is 2. The van der Waals surface area contributed by atoms with Crippen molar-refractivity contribution in [1.82, 2.24) is 9.97 Å².